The minimum absolute atomic E-state index is 0.0168. The number of rotatable bonds is 6. The maximum Gasteiger partial charge on any atom is 0.265 e. The molecule has 244 valence electrons. The summed E-state index contributed by atoms with van der Waals surface area (Å²) in [5.74, 6) is -3.40. The number of hydrogen-bond donors (Lipinski definition) is 2. The van der Waals surface area contributed by atoms with Gasteiger partial charge in [-0.05, 0) is 36.2 Å². The number of aliphatic hydroxyl groups excluding tert-OH is 1. The van der Waals surface area contributed by atoms with Crippen molar-refractivity contribution in [1.82, 2.24) is 15.1 Å². The standard InChI is InChI=1S/C31H33F2N5O7S/c1-46(44,45)23-6-4-20(17-12-19(33)28(40)25(17)23)37-14-16(15-37)13-35-8-10-36(11-9-35)21-3-2-18(32)26-27(21)31(43)38(30(26)42)22-5-7-24(39)34-29(22)41/h2-4,6,16,19,22,28,40H,5,7-15H2,1H3,(H,34,39,41)/t19-,22?,28-/m1/s1. The van der Waals surface area contributed by atoms with Crippen LogP contribution in [0, 0.1) is 11.7 Å². The molecule has 2 aromatic rings. The van der Waals surface area contributed by atoms with Crippen LogP contribution in [0.4, 0.5) is 20.2 Å². The van der Waals surface area contributed by atoms with Gasteiger partial charge in [-0.2, -0.15) is 0 Å². The average molecular weight is 658 g/mol. The topological polar surface area (TPSA) is 148 Å². The Morgan fingerprint density at radius 1 is 0.935 bits per heavy atom. The zero-order valence-corrected chi connectivity index (χ0v) is 25.9. The monoisotopic (exact) mass is 657 g/mol. The number of carbonyl (C=O) groups is 4. The summed E-state index contributed by atoms with van der Waals surface area (Å²) in [7, 11) is -3.63. The van der Waals surface area contributed by atoms with Gasteiger partial charge in [0.15, 0.2) is 9.84 Å². The molecule has 2 N–H and O–H groups in total. The third-order valence-corrected chi connectivity index (χ3v) is 10.9. The second-order valence-electron chi connectivity index (χ2n) is 12.7. The Labute approximate surface area is 263 Å². The normalized spacial score (nSPS) is 25.6. The molecule has 3 atom stereocenters. The SMILES string of the molecule is CS(=O)(=O)c1ccc(N2CC(CN3CCN(c4ccc(F)c5c4C(=O)N(C4CCC(=O)NC4=O)C5=O)CC3)C2)c2c1[C@H](O)[C@H](F)C2. The minimum Gasteiger partial charge on any atom is -0.385 e. The summed E-state index contributed by atoms with van der Waals surface area (Å²) in [4.78, 5) is 57.8. The number of anilines is 2. The van der Waals surface area contributed by atoms with Crippen molar-refractivity contribution >= 4 is 44.8 Å². The van der Waals surface area contributed by atoms with E-state index in [9.17, 15) is 41.5 Å². The summed E-state index contributed by atoms with van der Waals surface area (Å²) < 4.78 is 53.9. The molecule has 0 bridgehead atoms. The third-order valence-electron chi connectivity index (χ3n) is 9.78. The second kappa shape index (κ2) is 11.1. The van der Waals surface area contributed by atoms with Crippen molar-refractivity contribution in [2.45, 2.75) is 42.5 Å². The number of alkyl halides is 1. The maximum absolute atomic E-state index is 14.9. The van der Waals surface area contributed by atoms with Crippen LogP contribution in [0.15, 0.2) is 29.2 Å². The van der Waals surface area contributed by atoms with Gasteiger partial charge in [0.2, 0.25) is 11.8 Å². The molecule has 15 heteroatoms. The minimum atomic E-state index is -3.63. The van der Waals surface area contributed by atoms with Gasteiger partial charge >= 0.3 is 0 Å². The van der Waals surface area contributed by atoms with Gasteiger partial charge in [-0.3, -0.25) is 34.3 Å². The summed E-state index contributed by atoms with van der Waals surface area (Å²) >= 11 is 0. The average Bonchev–Trinajstić information content (AvgIpc) is 3.43. The molecule has 0 aromatic heterocycles. The van der Waals surface area contributed by atoms with Crippen molar-refractivity contribution in [1.29, 1.82) is 0 Å². The van der Waals surface area contributed by atoms with Gasteiger partial charge in [0, 0.05) is 82.1 Å². The molecule has 0 spiro atoms. The predicted octanol–water partition coefficient (Wildman–Crippen LogP) is 0.816. The lowest BCUT2D eigenvalue weighted by atomic mass is 9.95. The highest BCUT2D eigenvalue weighted by Crippen LogP contribution is 2.44. The van der Waals surface area contributed by atoms with Crippen molar-refractivity contribution in [2.24, 2.45) is 5.92 Å². The summed E-state index contributed by atoms with van der Waals surface area (Å²) in [5.41, 5.74) is 1.47. The van der Waals surface area contributed by atoms with E-state index < -0.39 is 57.6 Å². The molecule has 46 heavy (non-hydrogen) atoms. The smallest absolute Gasteiger partial charge is 0.265 e. The summed E-state index contributed by atoms with van der Waals surface area (Å²) in [5, 5.41) is 12.5. The molecule has 7 rings (SSSR count). The van der Waals surface area contributed by atoms with Crippen LogP contribution >= 0.6 is 0 Å². The van der Waals surface area contributed by atoms with Gasteiger partial charge in [-0.1, -0.05) is 0 Å². The number of nitrogens with one attached hydrogen (secondary N) is 1. The van der Waals surface area contributed by atoms with Crippen LogP contribution in [0.25, 0.3) is 0 Å². The number of carbonyl (C=O) groups excluding carboxylic acids is 4. The fourth-order valence-electron chi connectivity index (χ4n) is 7.50. The van der Waals surface area contributed by atoms with Gasteiger partial charge in [-0.25, -0.2) is 17.2 Å². The highest BCUT2D eigenvalue weighted by atomic mass is 32.2. The highest BCUT2D eigenvalue weighted by molar-refractivity contribution is 7.90. The molecule has 12 nitrogen and oxygen atoms in total. The van der Waals surface area contributed by atoms with Crippen molar-refractivity contribution in [3.63, 3.8) is 0 Å². The van der Waals surface area contributed by atoms with Crippen LogP contribution in [0.1, 0.15) is 50.8 Å². The van der Waals surface area contributed by atoms with E-state index >= 15 is 0 Å². The van der Waals surface area contributed by atoms with Gasteiger partial charge in [0.25, 0.3) is 11.8 Å². The van der Waals surface area contributed by atoms with Crippen LogP contribution in [0.3, 0.4) is 0 Å². The van der Waals surface area contributed by atoms with Crippen LogP contribution in [0.5, 0.6) is 0 Å². The number of piperidine rings is 1. The van der Waals surface area contributed by atoms with Crippen molar-refractivity contribution in [3.05, 3.63) is 52.3 Å². The number of sulfone groups is 1. The van der Waals surface area contributed by atoms with E-state index in [0.29, 0.717) is 56.4 Å². The van der Waals surface area contributed by atoms with Crippen molar-refractivity contribution in [3.8, 4) is 0 Å². The van der Waals surface area contributed by atoms with E-state index in [1.54, 1.807) is 6.07 Å². The molecule has 2 aromatic carbocycles. The molecular weight excluding hydrogens is 624 g/mol. The van der Waals surface area contributed by atoms with Crippen LogP contribution in [0.2, 0.25) is 0 Å². The molecule has 0 radical (unpaired) electrons. The highest BCUT2D eigenvalue weighted by Gasteiger charge is 2.48. The van der Waals surface area contributed by atoms with Gasteiger partial charge in [0.05, 0.1) is 21.7 Å². The fourth-order valence-corrected chi connectivity index (χ4v) is 8.45. The lowest BCUT2D eigenvalue weighted by molar-refractivity contribution is -0.136. The second-order valence-corrected chi connectivity index (χ2v) is 14.7. The maximum atomic E-state index is 14.9. The Kier molecular flexibility index (Phi) is 7.40. The number of piperazine rings is 1. The molecule has 3 fully saturated rings. The summed E-state index contributed by atoms with van der Waals surface area (Å²) in [6.07, 6.45) is -2.05. The molecule has 0 saturated carbocycles. The Hall–Kier alpha value is -3.95. The molecule has 4 heterocycles. The first-order chi connectivity index (χ1) is 21.8. The number of benzene rings is 2. The lowest BCUT2D eigenvalue weighted by Gasteiger charge is -2.45. The van der Waals surface area contributed by atoms with E-state index in [4.69, 9.17) is 0 Å². The van der Waals surface area contributed by atoms with Crippen LogP contribution in [-0.2, 0) is 25.8 Å². The first-order valence-corrected chi connectivity index (χ1v) is 17.2. The third kappa shape index (κ3) is 4.95. The number of amides is 4. The molecular formula is C31H33F2N5O7S. The zero-order chi connectivity index (χ0) is 32.7. The van der Waals surface area contributed by atoms with Gasteiger partial charge in [-0.15, -0.1) is 0 Å². The van der Waals surface area contributed by atoms with Crippen molar-refractivity contribution < 1.29 is 41.5 Å². The van der Waals surface area contributed by atoms with E-state index in [2.05, 4.69) is 15.1 Å². The molecule has 1 aliphatic carbocycles. The van der Waals surface area contributed by atoms with Gasteiger partial charge < -0.3 is 14.9 Å². The molecule has 4 aliphatic heterocycles. The van der Waals surface area contributed by atoms with Gasteiger partial charge in [0.1, 0.15) is 24.1 Å². The number of imide groups is 2. The van der Waals surface area contributed by atoms with E-state index in [1.807, 2.05) is 4.90 Å². The first-order valence-electron chi connectivity index (χ1n) is 15.3. The number of fused-ring (bicyclic) bond motifs is 2. The van der Waals surface area contributed by atoms with E-state index in [1.165, 1.54) is 12.1 Å². The lowest BCUT2D eigenvalue weighted by Crippen LogP contribution is -2.55. The quantitative estimate of drug-likeness (QED) is 0.428. The fraction of sp³-hybridized carbons (Fsp3) is 0.484. The molecule has 5 aliphatic rings. The van der Waals surface area contributed by atoms with Crippen LogP contribution in [-0.4, -0.2) is 111 Å². The van der Waals surface area contributed by atoms with Crippen molar-refractivity contribution in [2.75, 3.05) is 61.9 Å². The molecule has 3 saturated heterocycles. The predicted molar refractivity (Wildman–Crippen MR) is 161 cm³/mol. The van der Waals surface area contributed by atoms with Crippen LogP contribution < -0.4 is 15.1 Å². The first kappa shape index (κ1) is 30.7. The molecule has 1 unspecified atom stereocenters. The Morgan fingerprint density at radius 3 is 2.28 bits per heavy atom. The summed E-state index contributed by atoms with van der Waals surface area (Å²) in [6.45, 7) is 4.50. The number of nitrogens with zero attached hydrogens (tertiary/aromatic N) is 4. The molecule has 4 amide bonds. The van der Waals surface area contributed by atoms with E-state index in [-0.39, 0.29) is 40.8 Å². The number of hydrogen-bond acceptors (Lipinski definition) is 10. The Balaban J connectivity index is 0.997. The largest absolute Gasteiger partial charge is 0.385 e. The number of aliphatic hydroxyl groups is 1. The summed E-state index contributed by atoms with van der Waals surface area (Å²) in [6, 6.07) is 4.61. The van der Waals surface area contributed by atoms with E-state index in [0.717, 1.165) is 29.5 Å². The Bertz CT molecular complexity index is 1790. The number of halogens is 2. The zero-order valence-electron chi connectivity index (χ0n) is 25.0. The Morgan fingerprint density at radius 2 is 1.61 bits per heavy atom.